The van der Waals surface area contributed by atoms with Gasteiger partial charge in [-0.3, -0.25) is 19.4 Å². The maximum absolute atomic E-state index is 17.5. The second-order valence-corrected chi connectivity index (χ2v) is 16.7. The molecule has 0 aliphatic heterocycles. The number of pyridine rings is 1. The quantitative estimate of drug-likeness (QED) is 0.235. The number of benzene rings is 2. The van der Waals surface area contributed by atoms with Gasteiger partial charge in [-0.2, -0.15) is 0 Å². The second-order valence-electron chi connectivity index (χ2n) is 16.7. The molecular formula is C43H44F2N2O7. The molecule has 282 valence electrons. The zero-order chi connectivity index (χ0) is 38.5. The Morgan fingerprint density at radius 3 is 2.54 bits per heavy atom. The number of ketones is 2. The number of aromatic nitrogens is 1. The number of ether oxygens (including phenoxy) is 1. The fourth-order valence-electron chi connectivity index (χ4n) is 11.1. The number of carbonyl (C=O) groups excluding carboxylic acids is 4. The smallest absolute Gasteiger partial charge is 0.338 e. The second kappa shape index (κ2) is 12.5. The molecule has 4 saturated carbocycles. The van der Waals surface area contributed by atoms with Gasteiger partial charge in [-0.1, -0.05) is 50.6 Å². The summed E-state index contributed by atoms with van der Waals surface area (Å²) in [7, 11) is 0. The van der Waals surface area contributed by atoms with Crippen LogP contribution in [0.5, 0.6) is 0 Å². The van der Waals surface area contributed by atoms with Crippen LogP contribution in [0.4, 0.5) is 14.5 Å². The molecule has 1 heterocycles. The number of fused-ring (bicyclic) bond motifs is 6. The van der Waals surface area contributed by atoms with Crippen molar-refractivity contribution in [2.45, 2.75) is 76.7 Å². The Bertz CT molecular complexity index is 2170. The van der Waals surface area contributed by atoms with E-state index in [1.54, 1.807) is 69.4 Å². The lowest BCUT2D eigenvalue weighted by Gasteiger charge is -2.62. The fraction of sp³-hybridized carbons (Fsp3) is 0.465. The van der Waals surface area contributed by atoms with Crippen LogP contribution in [-0.2, 0) is 19.1 Å². The average molecular weight is 739 g/mol. The highest BCUT2D eigenvalue weighted by molar-refractivity contribution is 6.01. The Balaban J connectivity index is 0.922. The van der Waals surface area contributed by atoms with E-state index in [2.05, 4.69) is 10.3 Å². The highest BCUT2D eigenvalue weighted by Gasteiger charge is 2.75. The van der Waals surface area contributed by atoms with Crippen molar-refractivity contribution in [3.8, 4) is 0 Å². The molecule has 3 unspecified atom stereocenters. The molecule has 11 atom stereocenters. The average Bonchev–Trinajstić information content (AvgIpc) is 3.79. The molecule has 1 aromatic heterocycles. The third-order valence-corrected chi connectivity index (χ3v) is 14.2. The molecule has 11 heteroatoms. The first-order valence-electron chi connectivity index (χ1n) is 18.7. The van der Waals surface area contributed by atoms with E-state index in [0.29, 0.717) is 35.6 Å². The van der Waals surface area contributed by atoms with Crippen LogP contribution in [0.25, 0.3) is 10.8 Å². The number of allylic oxidation sites excluding steroid dienone is 4. The topological polar surface area (TPSA) is 143 Å². The monoisotopic (exact) mass is 738 g/mol. The molecule has 0 saturated heterocycles. The van der Waals surface area contributed by atoms with Gasteiger partial charge in [-0.15, -0.1) is 0 Å². The maximum Gasteiger partial charge on any atom is 0.338 e. The van der Waals surface area contributed by atoms with Crippen molar-refractivity contribution >= 4 is 39.9 Å². The highest BCUT2D eigenvalue weighted by Crippen LogP contribution is 2.70. The number of Topliss-reactive ketones (excluding diaryl/α,β-unsaturated/α-hetero) is 1. The number of alkyl halides is 1. The van der Waals surface area contributed by atoms with E-state index >= 15 is 8.78 Å². The van der Waals surface area contributed by atoms with Crippen molar-refractivity contribution in [2.24, 2.45) is 40.4 Å². The number of nitrogens with zero attached hydrogens (tertiary/aromatic N) is 1. The molecule has 4 fully saturated rings. The Morgan fingerprint density at radius 1 is 1.06 bits per heavy atom. The summed E-state index contributed by atoms with van der Waals surface area (Å²) in [4.78, 5) is 56.4. The van der Waals surface area contributed by atoms with Crippen molar-refractivity contribution < 1.29 is 42.9 Å². The molecule has 5 aliphatic rings. The van der Waals surface area contributed by atoms with Crippen LogP contribution in [0, 0.1) is 46.2 Å². The molecule has 0 bridgehead atoms. The van der Waals surface area contributed by atoms with Crippen LogP contribution in [0.3, 0.4) is 0 Å². The van der Waals surface area contributed by atoms with Crippen molar-refractivity contribution in [3.63, 3.8) is 0 Å². The summed E-state index contributed by atoms with van der Waals surface area (Å²) in [6.45, 7) is 6.42. The molecular weight excluding hydrogens is 694 g/mol. The minimum atomic E-state index is -2.10. The predicted octanol–water partition coefficient (Wildman–Crippen LogP) is 6.44. The Morgan fingerprint density at radius 2 is 1.80 bits per heavy atom. The van der Waals surface area contributed by atoms with E-state index in [4.69, 9.17) is 4.74 Å². The number of aliphatic hydroxyl groups is 2. The van der Waals surface area contributed by atoms with Crippen molar-refractivity contribution in [1.82, 2.24) is 4.98 Å². The first-order chi connectivity index (χ1) is 25.6. The number of nitrogens with one attached hydrogen (secondary N) is 1. The predicted molar refractivity (Wildman–Crippen MR) is 195 cm³/mol. The third kappa shape index (κ3) is 5.03. The van der Waals surface area contributed by atoms with E-state index in [9.17, 15) is 29.4 Å². The zero-order valence-corrected chi connectivity index (χ0v) is 30.6. The van der Waals surface area contributed by atoms with Gasteiger partial charge < -0.3 is 20.3 Å². The van der Waals surface area contributed by atoms with Crippen molar-refractivity contribution in [1.29, 1.82) is 0 Å². The summed E-state index contributed by atoms with van der Waals surface area (Å²) in [5.74, 6) is -4.78. The standard InChI is InChI=1S/C43H44F2N2O7/c1-22-17-31-30-11-10-27-18-28(48)13-15-40(27,3)42(30,45)33(49)19-41(31,4)43(22,53)34(50)21-54-39(52)25-7-5-24(6-8-25)35-23(2)36(35)38(51)47-32-12-9-26-20-46-16-14-29(26)37(32)44/h5-9,12-16,18,20,22-23,30-31,33,35-36,49,53H,10-11,17,19,21H2,1-4H3,(H,47,51)/t22-,23?,30+,31+,33+,35?,36?,40+,41+,42+,43+/m1/s1. The lowest BCUT2D eigenvalue weighted by molar-refractivity contribution is -0.219. The van der Waals surface area contributed by atoms with Crippen LogP contribution in [0.15, 0.2) is 78.7 Å². The van der Waals surface area contributed by atoms with E-state index in [1.165, 1.54) is 24.4 Å². The number of aliphatic hydroxyl groups excluding tert-OH is 1. The van der Waals surface area contributed by atoms with E-state index < -0.39 is 76.1 Å². The first kappa shape index (κ1) is 36.4. The number of amides is 1. The molecule has 2 aromatic carbocycles. The van der Waals surface area contributed by atoms with Crippen LogP contribution in [0.2, 0.25) is 0 Å². The van der Waals surface area contributed by atoms with Gasteiger partial charge in [-0.25, -0.2) is 13.6 Å². The fourth-order valence-corrected chi connectivity index (χ4v) is 11.1. The minimum absolute atomic E-state index is 0.0216. The molecule has 9 nitrogen and oxygen atoms in total. The summed E-state index contributed by atoms with van der Waals surface area (Å²) in [6.07, 6.45) is 6.93. The lowest BCUT2D eigenvalue weighted by atomic mass is 9.44. The van der Waals surface area contributed by atoms with Gasteiger partial charge in [0.2, 0.25) is 11.7 Å². The SMILES string of the molecule is CC1C(C(=O)Nc2ccc3cnccc3c2F)C1c1ccc(C(=O)OCC(=O)[C@@]2(O)[C@H](C)C[C@H]3[C@@H]4CCC5=CC(=O)C=C[C@]5(C)[C@@]4(F)[C@@H](O)C[C@@]32C)cc1. The summed E-state index contributed by atoms with van der Waals surface area (Å²) in [6, 6.07) is 11.3. The molecule has 3 N–H and O–H groups in total. The largest absolute Gasteiger partial charge is 0.454 e. The van der Waals surface area contributed by atoms with E-state index in [0.717, 1.165) is 5.56 Å². The highest BCUT2D eigenvalue weighted by atomic mass is 19.1. The summed E-state index contributed by atoms with van der Waals surface area (Å²) in [5.41, 5.74) is -4.72. The van der Waals surface area contributed by atoms with Crippen molar-refractivity contribution in [2.75, 3.05) is 11.9 Å². The van der Waals surface area contributed by atoms with Gasteiger partial charge in [0, 0.05) is 45.8 Å². The minimum Gasteiger partial charge on any atom is -0.454 e. The Labute approximate surface area is 311 Å². The van der Waals surface area contributed by atoms with E-state index in [-0.39, 0.29) is 41.2 Å². The number of hydrogen-bond acceptors (Lipinski definition) is 8. The zero-order valence-electron chi connectivity index (χ0n) is 30.6. The van der Waals surface area contributed by atoms with Crippen LogP contribution >= 0.6 is 0 Å². The number of halogens is 2. The Hall–Kier alpha value is -4.61. The van der Waals surface area contributed by atoms with Gasteiger partial charge in [0.05, 0.1) is 17.4 Å². The lowest BCUT2D eigenvalue weighted by Crippen LogP contribution is -2.69. The first-order valence-corrected chi connectivity index (χ1v) is 18.7. The van der Waals surface area contributed by atoms with Crippen LogP contribution < -0.4 is 5.32 Å². The van der Waals surface area contributed by atoms with Gasteiger partial charge in [0.15, 0.2) is 23.9 Å². The van der Waals surface area contributed by atoms with Gasteiger partial charge in [0.1, 0.15) is 5.60 Å². The molecule has 0 radical (unpaired) electrons. The van der Waals surface area contributed by atoms with Gasteiger partial charge in [0.25, 0.3) is 0 Å². The number of hydrogen-bond donors (Lipinski definition) is 3. The van der Waals surface area contributed by atoms with E-state index in [1.807, 2.05) is 6.92 Å². The third-order valence-electron chi connectivity index (χ3n) is 14.2. The molecule has 5 aliphatic carbocycles. The molecule has 1 amide bonds. The van der Waals surface area contributed by atoms with Gasteiger partial charge >= 0.3 is 5.97 Å². The number of esters is 1. The summed E-state index contributed by atoms with van der Waals surface area (Å²) in [5, 5.41) is 27.5. The van der Waals surface area contributed by atoms with Crippen molar-refractivity contribution in [3.05, 3.63) is 95.6 Å². The Kier molecular flexibility index (Phi) is 8.39. The molecule has 54 heavy (non-hydrogen) atoms. The normalized spacial score (nSPS) is 37.8. The number of rotatable bonds is 7. The summed E-state index contributed by atoms with van der Waals surface area (Å²) < 4.78 is 38.0. The molecule has 8 rings (SSSR count). The number of carbonyl (C=O) groups is 4. The van der Waals surface area contributed by atoms with Gasteiger partial charge in [-0.05, 0) is 98.3 Å². The van der Waals surface area contributed by atoms with Crippen LogP contribution in [-0.4, -0.2) is 62.6 Å². The molecule has 3 aromatic rings. The summed E-state index contributed by atoms with van der Waals surface area (Å²) >= 11 is 0. The molecule has 0 spiro atoms. The maximum atomic E-state index is 17.5. The van der Waals surface area contributed by atoms with Crippen LogP contribution in [0.1, 0.15) is 75.2 Å². The number of anilines is 1.